The Morgan fingerprint density at radius 2 is 1.90 bits per heavy atom. The quantitative estimate of drug-likeness (QED) is 0.623. The molecule has 0 aliphatic heterocycles. The van der Waals surface area contributed by atoms with Crippen LogP contribution in [0.25, 0.3) is 16.9 Å². The molecule has 0 radical (unpaired) electrons. The Labute approximate surface area is 136 Å². The van der Waals surface area contributed by atoms with Crippen molar-refractivity contribution in [3.63, 3.8) is 0 Å². The van der Waals surface area contributed by atoms with Crippen LogP contribution < -0.4 is 4.90 Å². The molecule has 0 saturated carbocycles. The first kappa shape index (κ1) is 14.3. The molecule has 3 aromatic rings. The highest BCUT2D eigenvalue weighted by Gasteiger charge is 2.06. The molecule has 0 spiro atoms. The van der Waals surface area contributed by atoms with E-state index in [0.717, 1.165) is 22.6 Å². The van der Waals surface area contributed by atoms with Crippen molar-refractivity contribution in [3.05, 3.63) is 52.4 Å². The summed E-state index contributed by atoms with van der Waals surface area (Å²) in [5, 5.41) is 0. The second-order valence-electron chi connectivity index (χ2n) is 4.90. The van der Waals surface area contributed by atoms with Crippen LogP contribution in [0.5, 0.6) is 0 Å². The summed E-state index contributed by atoms with van der Waals surface area (Å²) in [5.41, 5.74) is 3.95. The Morgan fingerprint density at radius 3 is 2.62 bits per heavy atom. The van der Waals surface area contributed by atoms with Crippen molar-refractivity contribution in [3.8, 4) is 11.3 Å². The van der Waals surface area contributed by atoms with E-state index in [0.29, 0.717) is 6.54 Å². The number of benzene rings is 1. The average molecular weight is 395 g/mol. The average Bonchev–Trinajstić information content (AvgIpc) is 2.90. The molecule has 3 nitrogen and oxygen atoms in total. The fourth-order valence-corrected chi connectivity index (χ4v) is 2.73. The van der Waals surface area contributed by atoms with E-state index in [2.05, 4.69) is 33.8 Å². The second kappa shape index (κ2) is 6.01. The van der Waals surface area contributed by atoms with Gasteiger partial charge in [0.1, 0.15) is 12.3 Å². The third kappa shape index (κ3) is 3.02. The molecular formula is C16H15FIN3. The Balaban J connectivity index is 1.91. The van der Waals surface area contributed by atoms with Gasteiger partial charge in [0, 0.05) is 40.8 Å². The predicted octanol–water partition coefficient (Wildman–Crippen LogP) is 4.01. The molecule has 0 bridgehead atoms. The van der Waals surface area contributed by atoms with E-state index >= 15 is 0 Å². The molecule has 0 aliphatic carbocycles. The normalized spacial score (nSPS) is 11.0. The van der Waals surface area contributed by atoms with Crippen molar-refractivity contribution in [2.24, 2.45) is 0 Å². The minimum absolute atomic E-state index is 0.344. The molecule has 0 atom stereocenters. The van der Waals surface area contributed by atoms with Crippen LogP contribution in [0.15, 0.2) is 48.8 Å². The summed E-state index contributed by atoms with van der Waals surface area (Å²) in [6.07, 6.45) is 4.08. The lowest BCUT2D eigenvalue weighted by Gasteiger charge is -2.17. The van der Waals surface area contributed by atoms with Crippen LogP contribution in [0.2, 0.25) is 0 Å². The molecule has 0 fully saturated rings. The van der Waals surface area contributed by atoms with Gasteiger partial charge in [0.15, 0.2) is 0 Å². The van der Waals surface area contributed by atoms with Gasteiger partial charge >= 0.3 is 0 Å². The summed E-state index contributed by atoms with van der Waals surface area (Å²) >= 11 is 2.29. The zero-order chi connectivity index (χ0) is 14.8. The van der Waals surface area contributed by atoms with Gasteiger partial charge in [-0.15, -0.1) is 0 Å². The Bertz CT molecular complexity index is 752. The number of fused-ring (bicyclic) bond motifs is 1. The molecule has 0 saturated heterocycles. The lowest BCUT2D eigenvalue weighted by atomic mass is 10.1. The fourth-order valence-electron chi connectivity index (χ4n) is 2.25. The zero-order valence-electron chi connectivity index (χ0n) is 11.6. The van der Waals surface area contributed by atoms with Crippen molar-refractivity contribution >= 4 is 33.9 Å². The van der Waals surface area contributed by atoms with E-state index in [-0.39, 0.29) is 6.67 Å². The topological polar surface area (TPSA) is 20.5 Å². The van der Waals surface area contributed by atoms with Crippen LogP contribution in [-0.4, -0.2) is 29.7 Å². The molecule has 21 heavy (non-hydrogen) atoms. The van der Waals surface area contributed by atoms with Gasteiger partial charge in [-0.25, -0.2) is 9.37 Å². The van der Waals surface area contributed by atoms with Crippen LogP contribution in [0.1, 0.15) is 0 Å². The number of rotatable bonds is 4. The van der Waals surface area contributed by atoms with Gasteiger partial charge in [0.05, 0.1) is 5.69 Å². The summed E-state index contributed by atoms with van der Waals surface area (Å²) < 4.78 is 15.6. The van der Waals surface area contributed by atoms with Gasteiger partial charge in [-0.2, -0.15) is 0 Å². The molecule has 3 rings (SSSR count). The Hall–Kier alpha value is -1.63. The van der Waals surface area contributed by atoms with E-state index in [1.807, 2.05) is 58.9 Å². The highest BCUT2D eigenvalue weighted by molar-refractivity contribution is 14.1. The molecule has 0 unspecified atom stereocenters. The molecule has 0 amide bonds. The number of imidazole rings is 1. The highest BCUT2D eigenvalue weighted by atomic mass is 127. The maximum Gasteiger partial charge on any atom is 0.137 e. The number of anilines is 1. The number of hydrogen-bond acceptors (Lipinski definition) is 2. The van der Waals surface area contributed by atoms with Crippen LogP contribution in [0.4, 0.5) is 10.1 Å². The predicted molar refractivity (Wildman–Crippen MR) is 92.6 cm³/mol. The summed E-state index contributed by atoms with van der Waals surface area (Å²) in [6.45, 7) is 0.0650. The molecule has 0 aliphatic rings. The number of nitrogens with zero attached hydrogens (tertiary/aromatic N) is 3. The standard InChI is InChI=1S/C16H15FIN3/c1-20(9-8-17)14-5-2-12(3-6-14)15-11-21-10-13(18)4-7-16(21)19-15/h2-7,10-11H,8-9H2,1H3. The first-order chi connectivity index (χ1) is 10.2. The first-order valence-corrected chi connectivity index (χ1v) is 7.77. The van der Waals surface area contributed by atoms with Crippen molar-refractivity contribution in [1.82, 2.24) is 9.38 Å². The van der Waals surface area contributed by atoms with Crippen LogP contribution in [0.3, 0.4) is 0 Å². The van der Waals surface area contributed by atoms with Crippen molar-refractivity contribution in [1.29, 1.82) is 0 Å². The van der Waals surface area contributed by atoms with Crippen molar-refractivity contribution < 1.29 is 4.39 Å². The van der Waals surface area contributed by atoms with Crippen molar-refractivity contribution in [2.45, 2.75) is 0 Å². The summed E-state index contributed by atoms with van der Waals surface area (Å²) in [6, 6.07) is 12.1. The SMILES string of the molecule is CN(CCF)c1ccc(-c2cn3cc(I)ccc3n2)cc1. The fraction of sp³-hybridized carbons (Fsp3) is 0.188. The summed E-state index contributed by atoms with van der Waals surface area (Å²) in [5.74, 6) is 0. The minimum atomic E-state index is -0.344. The molecule has 2 heterocycles. The lowest BCUT2D eigenvalue weighted by molar-refractivity contribution is 0.497. The lowest BCUT2D eigenvalue weighted by Crippen LogP contribution is -2.19. The molecular weight excluding hydrogens is 380 g/mol. The number of pyridine rings is 1. The summed E-state index contributed by atoms with van der Waals surface area (Å²) in [7, 11) is 1.89. The summed E-state index contributed by atoms with van der Waals surface area (Å²) in [4.78, 5) is 6.52. The number of hydrogen-bond donors (Lipinski definition) is 0. The van der Waals surface area contributed by atoms with Crippen LogP contribution in [0, 0.1) is 3.57 Å². The smallest absolute Gasteiger partial charge is 0.137 e. The maximum absolute atomic E-state index is 12.4. The van der Waals surface area contributed by atoms with Crippen LogP contribution >= 0.6 is 22.6 Å². The Morgan fingerprint density at radius 1 is 1.14 bits per heavy atom. The molecule has 108 valence electrons. The van der Waals surface area contributed by atoms with E-state index in [1.54, 1.807) is 0 Å². The first-order valence-electron chi connectivity index (χ1n) is 6.69. The van der Waals surface area contributed by atoms with Gasteiger partial charge in [-0.3, -0.25) is 0 Å². The highest BCUT2D eigenvalue weighted by Crippen LogP contribution is 2.23. The molecule has 0 N–H and O–H groups in total. The van der Waals surface area contributed by atoms with Gasteiger partial charge in [-0.1, -0.05) is 12.1 Å². The molecule has 2 aromatic heterocycles. The molecule has 1 aromatic carbocycles. The zero-order valence-corrected chi connectivity index (χ0v) is 13.8. The van der Waals surface area contributed by atoms with E-state index in [4.69, 9.17) is 0 Å². The van der Waals surface area contributed by atoms with Crippen LogP contribution in [-0.2, 0) is 0 Å². The third-order valence-corrected chi connectivity index (χ3v) is 4.08. The largest absolute Gasteiger partial charge is 0.372 e. The number of halogens is 2. The van der Waals surface area contributed by atoms with Gasteiger partial charge < -0.3 is 9.30 Å². The van der Waals surface area contributed by atoms with Gasteiger partial charge in [-0.05, 0) is 46.9 Å². The van der Waals surface area contributed by atoms with Gasteiger partial charge in [0.25, 0.3) is 0 Å². The number of aromatic nitrogens is 2. The Kier molecular flexibility index (Phi) is 4.10. The van der Waals surface area contributed by atoms with E-state index < -0.39 is 0 Å². The van der Waals surface area contributed by atoms with E-state index in [1.165, 1.54) is 3.57 Å². The van der Waals surface area contributed by atoms with Crippen molar-refractivity contribution in [2.75, 3.05) is 25.2 Å². The monoisotopic (exact) mass is 395 g/mol. The number of alkyl halides is 1. The van der Waals surface area contributed by atoms with Gasteiger partial charge in [0.2, 0.25) is 0 Å². The minimum Gasteiger partial charge on any atom is -0.372 e. The maximum atomic E-state index is 12.4. The third-order valence-electron chi connectivity index (χ3n) is 3.44. The molecule has 5 heteroatoms. The second-order valence-corrected chi connectivity index (χ2v) is 6.14. The van der Waals surface area contributed by atoms with E-state index in [9.17, 15) is 4.39 Å².